The number of benzene rings is 2. The third-order valence-corrected chi connectivity index (χ3v) is 4.93. The molecule has 0 aliphatic carbocycles. The number of anilines is 1. The van der Waals surface area contributed by atoms with Crippen LogP contribution in [0.15, 0.2) is 53.0 Å². The van der Waals surface area contributed by atoms with E-state index < -0.39 is 0 Å². The summed E-state index contributed by atoms with van der Waals surface area (Å²) in [6, 6.07) is 14.8. The largest absolute Gasteiger partial charge is 0.461 e. The second-order valence-electron chi connectivity index (χ2n) is 6.39. The maximum absolute atomic E-state index is 12.5. The summed E-state index contributed by atoms with van der Waals surface area (Å²) in [5.41, 5.74) is 5.34. The molecule has 1 amide bonds. The monoisotopic (exact) mass is 440 g/mol. The van der Waals surface area contributed by atoms with E-state index in [-0.39, 0.29) is 11.9 Å². The Morgan fingerprint density at radius 1 is 1.11 bits per heavy atom. The average Bonchev–Trinajstić information content (AvgIpc) is 2.96. The first-order chi connectivity index (χ1) is 13.4. The van der Waals surface area contributed by atoms with Gasteiger partial charge < -0.3 is 15.0 Å². The summed E-state index contributed by atoms with van der Waals surface area (Å²) in [6.07, 6.45) is 0. The Morgan fingerprint density at radius 3 is 2.46 bits per heavy atom. The maximum Gasteiger partial charge on any atom is 0.355 e. The fourth-order valence-corrected chi connectivity index (χ4v) is 3.55. The average molecular weight is 441 g/mol. The quantitative estimate of drug-likeness (QED) is 0.515. The summed E-state index contributed by atoms with van der Waals surface area (Å²) in [5, 5.41) is 2.88. The van der Waals surface area contributed by atoms with Crippen molar-refractivity contribution in [3.05, 3.63) is 75.5 Å². The molecule has 28 heavy (non-hydrogen) atoms. The molecule has 0 spiro atoms. The molecule has 0 saturated heterocycles. The summed E-state index contributed by atoms with van der Waals surface area (Å²) < 4.78 is 6.00. The molecule has 5 nitrogen and oxygen atoms in total. The normalized spacial score (nSPS) is 10.6. The summed E-state index contributed by atoms with van der Waals surface area (Å²) in [6.45, 7) is 5.91. The van der Waals surface area contributed by atoms with Crippen molar-refractivity contribution < 1.29 is 14.3 Å². The fourth-order valence-electron chi connectivity index (χ4n) is 3.15. The number of aromatic amines is 1. The van der Waals surface area contributed by atoms with Crippen molar-refractivity contribution in [3.63, 3.8) is 0 Å². The number of hydrogen-bond acceptors (Lipinski definition) is 3. The van der Waals surface area contributed by atoms with E-state index >= 15 is 0 Å². The van der Waals surface area contributed by atoms with Gasteiger partial charge in [0.1, 0.15) is 5.69 Å². The van der Waals surface area contributed by atoms with E-state index in [4.69, 9.17) is 4.74 Å². The van der Waals surface area contributed by atoms with E-state index in [0.29, 0.717) is 17.9 Å². The molecule has 0 unspecified atom stereocenters. The lowest BCUT2D eigenvalue weighted by Gasteiger charge is -2.08. The first-order valence-electron chi connectivity index (χ1n) is 8.94. The van der Waals surface area contributed by atoms with Crippen LogP contribution in [0.1, 0.15) is 39.0 Å². The second-order valence-corrected chi connectivity index (χ2v) is 7.30. The molecule has 0 aliphatic heterocycles. The highest BCUT2D eigenvalue weighted by molar-refractivity contribution is 9.10. The molecule has 3 rings (SSSR count). The number of nitrogens with one attached hydrogen (secondary N) is 2. The van der Waals surface area contributed by atoms with Gasteiger partial charge in [0.25, 0.3) is 5.91 Å². The molecule has 6 heteroatoms. The van der Waals surface area contributed by atoms with Gasteiger partial charge >= 0.3 is 5.97 Å². The van der Waals surface area contributed by atoms with Gasteiger partial charge in [-0.3, -0.25) is 4.79 Å². The number of hydrogen-bond donors (Lipinski definition) is 2. The van der Waals surface area contributed by atoms with Gasteiger partial charge in [-0.1, -0.05) is 34.1 Å². The molecular formula is C22H21BrN2O3. The van der Waals surface area contributed by atoms with Crippen LogP contribution in [0.5, 0.6) is 0 Å². The van der Waals surface area contributed by atoms with Crippen LogP contribution >= 0.6 is 15.9 Å². The first-order valence-corrected chi connectivity index (χ1v) is 9.73. The van der Waals surface area contributed by atoms with Crippen LogP contribution in [0.2, 0.25) is 0 Å². The van der Waals surface area contributed by atoms with Crippen LogP contribution in [0.25, 0.3) is 11.1 Å². The van der Waals surface area contributed by atoms with E-state index in [9.17, 15) is 9.59 Å². The minimum absolute atomic E-state index is 0.181. The molecule has 1 heterocycles. The van der Waals surface area contributed by atoms with Crippen molar-refractivity contribution in [1.82, 2.24) is 4.98 Å². The Labute approximate surface area is 172 Å². The Morgan fingerprint density at radius 2 is 1.82 bits per heavy atom. The maximum atomic E-state index is 12.5. The zero-order valence-corrected chi connectivity index (χ0v) is 17.5. The van der Waals surface area contributed by atoms with Gasteiger partial charge in [-0.05, 0) is 62.2 Å². The number of rotatable bonds is 5. The first kappa shape index (κ1) is 19.9. The number of carbonyl (C=O) groups excluding carboxylic acids is 2. The lowest BCUT2D eigenvalue weighted by atomic mass is 10.00. The van der Waals surface area contributed by atoms with E-state index in [1.807, 2.05) is 50.2 Å². The van der Waals surface area contributed by atoms with E-state index in [2.05, 4.69) is 26.2 Å². The van der Waals surface area contributed by atoms with E-state index in [0.717, 1.165) is 32.5 Å². The van der Waals surface area contributed by atoms with E-state index in [1.54, 1.807) is 19.1 Å². The number of aromatic nitrogens is 1. The number of aryl methyl sites for hydroxylation is 1. The lowest BCUT2D eigenvalue weighted by Crippen LogP contribution is -2.11. The third-order valence-electron chi connectivity index (χ3n) is 4.44. The molecule has 1 aromatic heterocycles. The van der Waals surface area contributed by atoms with E-state index in [1.165, 1.54) is 0 Å². The van der Waals surface area contributed by atoms with Gasteiger partial charge in [0.05, 0.1) is 6.61 Å². The predicted octanol–water partition coefficient (Wildman–Crippen LogP) is 5.49. The molecule has 2 N–H and O–H groups in total. The van der Waals surface area contributed by atoms with Crippen molar-refractivity contribution in [2.75, 3.05) is 11.9 Å². The molecular weight excluding hydrogens is 420 g/mol. The van der Waals surface area contributed by atoms with Crippen molar-refractivity contribution >= 4 is 33.5 Å². The molecule has 0 bridgehead atoms. The van der Waals surface area contributed by atoms with Crippen molar-refractivity contribution in [2.45, 2.75) is 20.8 Å². The fraction of sp³-hybridized carbons (Fsp3) is 0.182. The van der Waals surface area contributed by atoms with Crippen LogP contribution < -0.4 is 5.32 Å². The molecule has 0 radical (unpaired) electrons. The molecule has 144 valence electrons. The van der Waals surface area contributed by atoms with Gasteiger partial charge in [0, 0.05) is 27.0 Å². The second kappa shape index (κ2) is 8.44. The number of esters is 1. The molecule has 0 fully saturated rings. The number of H-pyrrole nitrogens is 1. The van der Waals surface area contributed by atoms with Crippen LogP contribution in [0.4, 0.5) is 5.69 Å². The molecule has 0 saturated carbocycles. The van der Waals surface area contributed by atoms with Gasteiger partial charge in [0.2, 0.25) is 0 Å². The molecule has 2 aromatic carbocycles. The molecule has 0 aliphatic rings. The third kappa shape index (κ3) is 4.17. The number of ether oxygens (including phenoxy) is 1. The SMILES string of the molecule is CCOC(=O)c1[nH]c(C)c(-c2ccc(C(=O)Nc3cccc(Br)c3)cc2)c1C. The minimum atomic E-state index is -0.362. The summed E-state index contributed by atoms with van der Waals surface area (Å²) >= 11 is 3.39. The Balaban J connectivity index is 1.83. The highest BCUT2D eigenvalue weighted by Crippen LogP contribution is 2.30. The van der Waals surface area contributed by atoms with Crippen LogP contribution in [0.3, 0.4) is 0 Å². The standard InChI is InChI=1S/C22H21BrN2O3/c1-4-28-22(27)20-13(2)19(14(3)24-20)15-8-10-16(11-9-15)21(26)25-18-7-5-6-17(23)12-18/h5-12,24H,4H2,1-3H3,(H,25,26). The minimum Gasteiger partial charge on any atom is -0.461 e. The van der Waals surface area contributed by atoms with Crippen LogP contribution in [0, 0.1) is 13.8 Å². The number of amides is 1. The number of halogens is 1. The summed E-state index contributed by atoms with van der Waals surface area (Å²) in [4.78, 5) is 27.7. The van der Waals surface area contributed by atoms with Gasteiger partial charge in [-0.25, -0.2) is 4.79 Å². The van der Waals surface area contributed by atoms with Gasteiger partial charge in [0.15, 0.2) is 0 Å². The van der Waals surface area contributed by atoms with Gasteiger partial charge in [-0.2, -0.15) is 0 Å². The lowest BCUT2D eigenvalue weighted by molar-refractivity contribution is 0.0519. The zero-order valence-electron chi connectivity index (χ0n) is 15.9. The Hall–Kier alpha value is -2.86. The van der Waals surface area contributed by atoms with Crippen LogP contribution in [-0.4, -0.2) is 23.5 Å². The Kier molecular flexibility index (Phi) is 5.99. The van der Waals surface area contributed by atoms with Crippen LogP contribution in [-0.2, 0) is 4.74 Å². The van der Waals surface area contributed by atoms with Crippen molar-refractivity contribution in [3.8, 4) is 11.1 Å². The predicted molar refractivity (Wildman–Crippen MR) is 114 cm³/mol. The molecule has 3 aromatic rings. The summed E-state index contributed by atoms with van der Waals surface area (Å²) in [5.74, 6) is -0.543. The summed E-state index contributed by atoms with van der Waals surface area (Å²) in [7, 11) is 0. The van der Waals surface area contributed by atoms with Crippen molar-refractivity contribution in [1.29, 1.82) is 0 Å². The van der Waals surface area contributed by atoms with Crippen molar-refractivity contribution in [2.24, 2.45) is 0 Å². The number of carbonyl (C=O) groups is 2. The smallest absolute Gasteiger partial charge is 0.355 e. The zero-order chi connectivity index (χ0) is 20.3. The Bertz CT molecular complexity index is 1020. The topological polar surface area (TPSA) is 71.2 Å². The highest BCUT2D eigenvalue weighted by Gasteiger charge is 2.19. The molecule has 0 atom stereocenters. The van der Waals surface area contributed by atoms with Gasteiger partial charge in [-0.15, -0.1) is 0 Å². The highest BCUT2D eigenvalue weighted by atomic mass is 79.9.